The highest BCUT2D eigenvalue weighted by Gasteiger charge is 2.17. The Labute approximate surface area is 398 Å². The quantitative estimate of drug-likeness (QED) is 0.0319. The third-order valence-electron chi connectivity index (χ3n) is 13.3. The van der Waals surface area contributed by atoms with Crippen LogP contribution < -0.4 is 0 Å². The van der Waals surface area contributed by atoms with E-state index in [1.807, 2.05) is 21.6 Å². The summed E-state index contributed by atoms with van der Waals surface area (Å²) in [4.78, 5) is 4.61. The van der Waals surface area contributed by atoms with E-state index in [9.17, 15) is 15.3 Å². The predicted octanol–water partition coefficient (Wildman–Crippen LogP) is 17.1. The minimum atomic E-state index is -0.320. The summed E-state index contributed by atoms with van der Waals surface area (Å²) >= 11 is 0. The Morgan fingerprint density at radius 2 is 0.565 bits per heavy atom. The predicted molar refractivity (Wildman–Crippen MR) is 283 cm³/mol. The van der Waals surface area contributed by atoms with E-state index < -0.39 is 0 Å². The van der Waals surface area contributed by atoms with Gasteiger partial charge in [0, 0.05) is 31.9 Å². The van der Waals surface area contributed by atoms with Crippen LogP contribution in [-0.4, -0.2) is 88.3 Å². The molecule has 0 aromatic carbocycles. The summed E-state index contributed by atoms with van der Waals surface area (Å²) in [5.74, 6) is 1.85. The fourth-order valence-electron chi connectivity index (χ4n) is 9.06. The molecule has 3 atom stereocenters. The lowest BCUT2D eigenvalue weighted by molar-refractivity contribution is 0.0708. The van der Waals surface area contributed by atoms with Crippen molar-refractivity contribution in [3.8, 4) is 0 Å². The second-order valence-corrected chi connectivity index (χ2v) is 22.5. The molecule has 0 saturated carbocycles. The number of aliphatic hydroxyl groups is 3. The molecule has 62 heavy (non-hydrogen) atoms. The summed E-state index contributed by atoms with van der Waals surface area (Å²) in [5, 5.41) is 32.8. The van der Waals surface area contributed by atoms with Gasteiger partial charge in [0.05, 0.1) is 24.2 Å². The molecule has 0 amide bonds. The maximum absolute atomic E-state index is 11.1. The van der Waals surface area contributed by atoms with Gasteiger partial charge in [-0.15, -0.1) is 0 Å². The van der Waals surface area contributed by atoms with Crippen LogP contribution in [0.1, 0.15) is 290 Å². The van der Waals surface area contributed by atoms with E-state index in [4.69, 9.17) is 0 Å². The molecule has 0 rings (SSSR count). The summed E-state index contributed by atoms with van der Waals surface area (Å²) < 4.78 is 0. The first-order valence-corrected chi connectivity index (χ1v) is 30.6. The molecule has 0 aromatic rings. The molecule has 0 spiro atoms. The molecule has 0 saturated heterocycles. The summed E-state index contributed by atoms with van der Waals surface area (Å²) in [6, 6.07) is 0. The van der Waals surface area contributed by atoms with E-state index in [2.05, 4.69) is 37.6 Å². The molecule has 0 bridgehead atoms. The van der Waals surface area contributed by atoms with Crippen LogP contribution in [0.2, 0.25) is 0 Å². The molecule has 0 fully saturated rings. The summed E-state index contributed by atoms with van der Waals surface area (Å²) in [6.07, 6.45) is 54.6. The molecule has 0 aromatic heterocycles. The molecule has 7 heteroatoms. The van der Waals surface area contributed by atoms with Crippen molar-refractivity contribution < 1.29 is 15.3 Å². The van der Waals surface area contributed by atoms with Gasteiger partial charge in [-0.1, -0.05) is 293 Å². The maximum Gasteiger partial charge on any atom is 0.0667 e. The van der Waals surface area contributed by atoms with Crippen LogP contribution >= 0.6 is 21.6 Å². The van der Waals surface area contributed by atoms with Crippen molar-refractivity contribution in [1.82, 2.24) is 9.80 Å². The molecule has 3 unspecified atom stereocenters. The summed E-state index contributed by atoms with van der Waals surface area (Å²) in [7, 11) is 5.90. The van der Waals surface area contributed by atoms with Gasteiger partial charge >= 0.3 is 0 Å². The molecule has 0 radical (unpaired) electrons. The van der Waals surface area contributed by atoms with Crippen LogP contribution in [0.15, 0.2) is 0 Å². The highest BCUT2D eigenvalue weighted by atomic mass is 33.1. The molecule has 0 heterocycles. The van der Waals surface area contributed by atoms with E-state index in [1.54, 1.807) is 0 Å². The Morgan fingerprint density at radius 3 is 0.839 bits per heavy atom. The van der Waals surface area contributed by atoms with Crippen molar-refractivity contribution in [3.05, 3.63) is 0 Å². The molecule has 0 aliphatic rings. The van der Waals surface area contributed by atoms with Crippen LogP contribution in [0.25, 0.3) is 0 Å². The van der Waals surface area contributed by atoms with Crippen LogP contribution in [-0.2, 0) is 0 Å². The standard InChI is InChI=1S/C55H114N2O3S2/c1-5-8-11-14-17-20-23-26-29-32-35-38-41-44-53(58)49-56(4)47-48-61-62-52-57(50-54(59)45-42-39-36-33-30-27-24-21-18-15-12-9-6-2)51-55(60)46-43-40-37-34-31-28-25-22-19-16-13-10-7-3/h53-55,58-60H,5-52H2,1-4H3. The van der Waals surface area contributed by atoms with Gasteiger partial charge in [0.2, 0.25) is 0 Å². The minimum absolute atomic E-state index is 0.228. The van der Waals surface area contributed by atoms with Crippen molar-refractivity contribution in [1.29, 1.82) is 0 Å². The summed E-state index contributed by atoms with van der Waals surface area (Å²) in [5.41, 5.74) is 0. The number of unbranched alkanes of at least 4 members (excludes halogenated alkanes) is 36. The first-order chi connectivity index (χ1) is 30.4. The molecule has 0 aliphatic heterocycles. The topological polar surface area (TPSA) is 67.2 Å². The molecule has 0 aliphatic carbocycles. The fraction of sp³-hybridized carbons (Fsp3) is 1.00. The van der Waals surface area contributed by atoms with E-state index >= 15 is 0 Å². The third kappa shape index (κ3) is 49.9. The molecular formula is C55H114N2O3S2. The minimum Gasteiger partial charge on any atom is -0.392 e. The molecule has 5 nitrogen and oxygen atoms in total. The second-order valence-electron chi connectivity index (χ2n) is 19.9. The second kappa shape index (κ2) is 52.5. The Bertz CT molecular complexity index is 787. The largest absolute Gasteiger partial charge is 0.392 e. The first kappa shape index (κ1) is 62.5. The Balaban J connectivity index is 4.32. The zero-order chi connectivity index (χ0) is 45.2. The van der Waals surface area contributed by atoms with Crippen molar-refractivity contribution in [3.63, 3.8) is 0 Å². The van der Waals surface area contributed by atoms with Gasteiger partial charge < -0.3 is 20.2 Å². The van der Waals surface area contributed by atoms with Crippen molar-refractivity contribution in [2.45, 2.75) is 309 Å². The highest BCUT2D eigenvalue weighted by molar-refractivity contribution is 8.76. The number of hydrogen-bond donors (Lipinski definition) is 3. The van der Waals surface area contributed by atoms with E-state index in [0.29, 0.717) is 13.1 Å². The lowest BCUT2D eigenvalue weighted by atomic mass is 10.0. The number of nitrogens with zero attached hydrogens (tertiary/aromatic N) is 2. The smallest absolute Gasteiger partial charge is 0.0667 e. The lowest BCUT2D eigenvalue weighted by Gasteiger charge is -2.27. The molecule has 3 N–H and O–H groups in total. The lowest BCUT2D eigenvalue weighted by Crippen LogP contribution is -2.37. The van der Waals surface area contributed by atoms with Gasteiger partial charge in [0.25, 0.3) is 0 Å². The van der Waals surface area contributed by atoms with Crippen LogP contribution in [0.5, 0.6) is 0 Å². The SMILES string of the molecule is CCCCCCCCCCCCCCCC(O)CN(C)CCSSCN(CC(O)CCCCCCCCCCCCCCC)CC(O)CCCCCCCCCCCCCCC. The zero-order valence-electron chi connectivity index (χ0n) is 42.7. The van der Waals surface area contributed by atoms with Gasteiger partial charge in [0.1, 0.15) is 0 Å². The summed E-state index contributed by atoms with van der Waals surface area (Å²) in [6.45, 7) is 9.92. The number of rotatable bonds is 54. The van der Waals surface area contributed by atoms with Crippen molar-refractivity contribution >= 4 is 21.6 Å². The Hall–Kier alpha value is 0.500. The van der Waals surface area contributed by atoms with Gasteiger partial charge in [-0.05, 0) is 26.3 Å². The number of aliphatic hydroxyl groups excluding tert-OH is 3. The highest BCUT2D eigenvalue weighted by Crippen LogP contribution is 2.24. The van der Waals surface area contributed by atoms with E-state index in [0.717, 1.165) is 63.2 Å². The fourth-order valence-corrected chi connectivity index (χ4v) is 11.2. The molecule has 374 valence electrons. The van der Waals surface area contributed by atoms with Gasteiger partial charge in [-0.2, -0.15) is 0 Å². The van der Waals surface area contributed by atoms with Gasteiger partial charge in [-0.3, -0.25) is 4.90 Å². The number of likely N-dealkylation sites (N-methyl/N-ethyl adjacent to an activating group) is 1. The van der Waals surface area contributed by atoms with Gasteiger partial charge in [-0.25, -0.2) is 0 Å². The van der Waals surface area contributed by atoms with Gasteiger partial charge in [0.15, 0.2) is 0 Å². The molecular weight excluding hydrogens is 801 g/mol. The van der Waals surface area contributed by atoms with Crippen LogP contribution in [0.3, 0.4) is 0 Å². The zero-order valence-corrected chi connectivity index (χ0v) is 44.4. The monoisotopic (exact) mass is 915 g/mol. The third-order valence-corrected chi connectivity index (χ3v) is 15.6. The Kier molecular flexibility index (Phi) is 52.9. The van der Waals surface area contributed by atoms with Crippen molar-refractivity contribution in [2.75, 3.05) is 44.9 Å². The average Bonchev–Trinajstić information content (AvgIpc) is 3.25. The van der Waals surface area contributed by atoms with Crippen LogP contribution in [0.4, 0.5) is 0 Å². The Morgan fingerprint density at radius 1 is 0.323 bits per heavy atom. The van der Waals surface area contributed by atoms with Crippen LogP contribution in [0, 0.1) is 0 Å². The normalized spacial score (nSPS) is 13.5. The first-order valence-electron chi connectivity index (χ1n) is 28.1. The van der Waals surface area contributed by atoms with Crippen molar-refractivity contribution in [2.24, 2.45) is 0 Å². The number of hydrogen-bond acceptors (Lipinski definition) is 7. The van der Waals surface area contributed by atoms with E-state index in [-0.39, 0.29) is 18.3 Å². The van der Waals surface area contributed by atoms with E-state index in [1.165, 1.54) is 231 Å². The maximum atomic E-state index is 11.1. The average molecular weight is 916 g/mol.